The van der Waals surface area contributed by atoms with E-state index < -0.39 is 5.97 Å². The smallest absolute Gasteiger partial charge is 0.271 e. The van der Waals surface area contributed by atoms with E-state index in [-0.39, 0.29) is 16.5 Å². The number of hydrogen-bond acceptors (Lipinski definition) is 6. The molecule has 0 spiro atoms. The van der Waals surface area contributed by atoms with E-state index in [0.717, 1.165) is 0 Å². The van der Waals surface area contributed by atoms with Crippen LogP contribution in [-0.4, -0.2) is 23.1 Å². The van der Waals surface area contributed by atoms with E-state index in [1.54, 1.807) is 30.3 Å². The SMILES string of the molecule is O=C(N/N=C\c1ccc(-c2ccc(Cl)c(C(=O)[O-])c2)o1)c1ccncc1. The van der Waals surface area contributed by atoms with Crippen molar-refractivity contribution < 1.29 is 19.1 Å². The third-order valence-corrected chi connectivity index (χ3v) is 3.73. The number of aromatic nitrogens is 1. The summed E-state index contributed by atoms with van der Waals surface area (Å²) in [5, 5.41) is 14.9. The molecule has 26 heavy (non-hydrogen) atoms. The summed E-state index contributed by atoms with van der Waals surface area (Å²) in [4.78, 5) is 26.7. The molecule has 0 atom stereocenters. The summed E-state index contributed by atoms with van der Waals surface area (Å²) < 4.78 is 5.56. The molecule has 3 rings (SSSR count). The zero-order valence-electron chi connectivity index (χ0n) is 13.2. The predicted molar refractivity (Wildman–Crippen MR) is 92.8 cm³/mol. The molecule has 0 saturated carbocycles. The summed E-state index contributed by atoms with van der Waals surface area (Å²) in [5.74, 6) is -0.957. The Balaban J connectivity index is 1.71. The van der Waals surface area contributed by atoms with Gasteiger partial charge >= 0.3 is 0 Å². The molecular formula is C18H11ClN3O4-. The van der Waals surface area contributed by atoms with Crippen LogP contribution in [0.25, 0.3) is 11.3 Å². The molecule has 2 aromatic heterocycles. The van der Waals surface area contributed by atoms with Crippen LogP contribution in [0.4, 0.5) is 0 Å². The van der Waals surface area contributed by atoms with Gasteiger partial charge in [-0.25, -0.2) is 5.43 Å². The molecule has 0 radical (unpaired) electrons. The highest BCUT2D eigenvalue weighted by Gasteiger charge is 2.08. The number of carbonyl (C=O) groups is 2. The number of pyridine rings is 1. The van der Waals surface area contributed by atoms with Crippen molar-refractivity contribution in [1.29, 1.82) is 0 Å². The monoisotopic (exact) mass is 368 g/mol. The maximum absolute atomic E-state index is 11.8. The highest BCUT2D eigenvalue weighted by molar-refractivity contribution is 6.33. The van der Waals surface area contributed by atoms with Crippen LogP contribution in [0, 0.1) is 0 Å². The van der Waals surface area contributed by atoms with Gasteiger partial charge in [0.1, 0.15) is 11.5 Å². The average molecular weight is 369 g/mol. The molecule has 0 bridgehead atoms. The van der Waals surface area contributed by atoms with Gasteiger partial charge in [0, 0.05) is 34.1 Å². The summed E-state index contributed by atoms with van der Waals surface area (Å²) in [6.07, 6.45) is 4.34. The first kappa shape index (κ1) is 17.4. The molecule has 0 unspecified atom stereocenters. The summed E-state index contributed by atoms with van der Waals surface area (Å²) >= 11 is 5.82. The number of nitrogens with zero attached hydrogens (tertiary/aromatic N) is 2. The fraction of sp³-hybridized carbons (Fsp3) is 0. The van der Waals surface area contributed by atoms with Gasteiger partial charge in [-0.05, 0) is 42.5 Å². The number of amides is 1. The van der Waals surface area contributed by atoms with Crippen molar-refractivity contribution in [2.24, 2.45) is 5.10 Å². The molecule has 130 valence electrons. The second-order valence-corrected chi connectivity index (χ2v) is 5.53. The Hall–Kier alpha value is -3.45. The Morgan fingerprint density at radius 2 is 1.92 bits per heavy atom. The van der Waals surface area contributed by atoms with Gasteiger partial charge in [0.2, 0.25) is 0 Å². The molecule has 0 aliphatic heterocycles. The second kappa shape index (κ2) is 7.62. The van der Waals surface area contributed by atoms with Crippen molar-refractivity contribution in [2.45, 2.75) is 0 Å². The zero-order valence-corrected chi connectivity index (χ0v) is 13.9. The number of furan rings is 1. The van der Waals surface area contributed by atoms with Crippen LogP contribution in [0.2, 0.25) is 5.02 Å². The molecular weight excluding hydrogens is 358 g/mol. The van der Waals surface area contributed by atoms with E-state index >= 15 is 0 Å². The normalized spacial score (nSPS) is 10.8. The van der Waals surface area contributed by atoms with E-state index in [2.05, 4.69) is 15.5 Å². The van der Waals surface area contributed by atoms with Crippen LogP contribution in [0.5, 0.6) is 0 Å². The van der Waals surface area contributed by atoms with Gasteiger partial charge in [-0.3, -0.25) is 9.78 Å². The Labute approximate surface area is 152 Å². The molecule has 3 aromatic rings. The lowest BCUT2D eigenvalue weighted by atomic mass is 10.1. The molecule has 7 nitrogen and oxygen atoms in total. The first-order valence-corrected chi connectivity index (χ1v) is 7.77. The predicted octanol–water partition coefficient (Wildman–Crippen LogP) is 2.12. The summed E-state index contributed by atoms with van der Waals surface area (Å²) in [6, 6.07) is 10.8. The largest absolute Gasteiger partial charge is 0.545 e. The van der Waals surface area contributed by atoms with Gasteiger partial charge in [0.25, 0.3) is 5.91 Å². The molecule has 1 amide bonds. The molecule has 1 aromatic carbocycles. The standard InChI is InChI=1S/C18H12ClN3O4/c19-15-3-1-12(9-14(15)18(24)25)16-4-2-13(26-16)10-21-22-17(23)11-5-7-20-8-6-11/h1-10H,(H,22,23)(H,24,25)/p-1/b21-10-. The lowest BCUT2D eigenvalue weighted by molar-refractivity contribution is -0.255. The Kier molecular flexibility index (Phi) is 5.09. The van der Waals surface area contributed by atoms with Gasteiger partial charge in [0.05, 0.1) is 12.2 Å². The number of carboxylic acid groups (broad SMARTS) is 1. The zero-order chi connectivity index (χ0) is 18.5. The highest BCUT2D eigenvalue weighted by Crippen LogP contribution is 2.26. The van der Waals surface area contributed by atoms with Crippen LogP contribution in [0.15, 0.2) is 64.4 Å². The molecule has 1 N–H and O–H groups in total. The minimum Gasteiger partial charge on any atom is -0.545 e. The van der Waals surface area contributed by atoms with E-state index in [1.807, 2.05) is 0 Å². The second-order valence-electron chi connectivity index (χ2n) is 5.12. The molecule has 8 heteroatoms. The van der Waals surface area contributed by atoms with Crippen molar-refractivity contribution in [2.75, 3.05) is 0 Å². The topological polar surface area (TPSA) is 108 Å². The Morgan fingerprint density at radius 1 is 1.15 bits per heavy atom. The van der Waals surface area contributed by atoms with Crippen molar-refractivity contribution >= 4 is 29.7 Å². The van der Waals surface area contributed by atoms with Crippen LogP contribution in [-0.2, 0) is 0 Å². The fourth-order valence-corrected chi connectivity index (χ4v) is 2.33. The van der Waals surface area contributed by atoms with Gasteiger partial charge in [-0.2, -0.15) is 5.10 Å². The van der Waals surface area contributed by atoms with E-state index in [0.29, 0.717) is 22.6 Å². The van der Waals surface area contributed by atoms with Crippen LogP contribution < -0.4 is 10.5 Å². The van der Waals surface area contributed by atoms with Crippen LogP contribution in [0.3, 0.4) is 0 Å². The summed E-state index contributed by atoms with van der Waals surface area (Å²) in [5.41, 5.74) is 3.19. The van der Waals surface area contributed by atoms with Gasteiger partial charge < -0.3 is 14.3 Å². The molecule has 2 heterocycles. The van der Waals surface area contributed by atoms with Crippen LogP contribution >= 0.6 is 11.6 Å². The van der Waals surface area contributed by atoms with Crippen molar-refractivity contribution in [3.63, 3.8) is 0 Å². The third kappa shape index (κ3) is 3.96. The van der Waals surface area contributed by atoms with E-state index in [9.17, 15) is 14.7 Å². The fourth-order valence-electron chi connectivity index (χ4n) is 2.13. The highest BCUT2D eigenvalue weighted by atomic mass is 35.5. The summed E-state index contributed by atoms with van der Waals surface area (Å²) in [6.45, 7) is 0. The minimum atomic E-state index is -1.37. The van der Waals surface area contributed by atoms with Crippen molar-refractivity contribution in [3.8, 4) is 11.3 Å². The summed E-state index contributed by atoms with van der Waals surface area (Å²) in [7, 11) is 0. The number of nitrogens with one attached hydrogen (secondary N) is 1. The minimum absolute atomic E-state index is 0.0842. The maximum atomic E-state index is 11.8. The lowest BCUT2D eigenvalue weighted by Gasteiger charge is -2.06. The number of hydrazone groups is 1. The molecule has 0 aliphatic rings. The average Bonchev–Trinajstić information content (AvgIpc) is 3.11. The number of carboxylic acids is 1. The lowest BCUT2D eigenvalue weighted by Crippen LogP contribution is -2.22. The van der Waals surface area contributed by atoms with Crippen molar-refractivity contribution in [1.82, 2.24) is 10.4 Å². The number of hydrogen-bond donors (Lipinski definition) is 1. The Morgan fingerprint density at radius 3 is 2.65 bits per heavy atom. The number of carbonyl (C=O) groups excluding carboxylic acids is 2. The molecule has 0 saturated heterocycles. The third-order valence-electron chi connectivity index (χ3n) is 3.40. The molecule has 0 aliphatic carbocycles. The van der Waals surface area contributed by atoms with E-state index in [4.69, 9.17) is 16.0 Å². The van der Waals surface area contributed by atoms with Crippen molar-refractivity contribution in [3.05, 3.63) is 76.8 Å². The van der Waals surface area contributed by atoms with Crippen LogP contribution in [0.1, 0.15) is 26.5 Å². The first-order chi connectivity index (χ1) is 12.5. The number of benzene rings is 1. The Bertz CT molecular complexity index is 983. The quantitative estimate of drug-likeness (QED) is 0.548. The van der Waals surface area contributed by atoms with E-state index in [1.165, 1.54) is 30.7 Å². The number of rotatable bonds is 5. The van der Waals surface area contributed by atoms with Gasteiger partial charge in [0.15, 0.2) is 0 Å². The number of halogens is 1. The molecule has 0 fully saturated rings. The maximum Gasteiger partial charge on any atom is 0.271 e. The number of aromatic carboxylic acids is 1. The van der Waals surface area contributed by atoms with Gasteiger partial charge in [-0.1, -0.05) is 11.6 Å². The van der Waals surface area contributed by atoms with Gasteiger partial charge in [-0.15, -0.1) is 0 Å². The first-order valence-electron chi connectivity index (χ1n) is 7.39.